The molecule has 18 heavy (non-hydrogen) atoms. The van der Waals surface area contributed by atoms with E-state index in [4.69, 9.17) is 10.7 Å². The number of anilines is 1. The van der Waals surface area contributed by atoms with Crippen molar-refractivity contribution in [3.63, 3.8) is 0 Å². The molecule has 0 atom stereocenters. The summed E-state index contributed by atoms with van der Waals surface area (Å²) >= 11 is 0. The second kappa shape index (κ2) is 5.25. The molecule has 98 valence electrons. The lowest BCUT2D eigenvalue weighted by Crippen LogP contribution is -2.12. The van der Waals surface area contributed by atoms with Crippen molar-refractivity contribution in [3.8, 4) is 0 Å². The fourth-order valence-electron chi connectivity index (χ4n) is 3.48. The van der Waals surface area contributed by atoms with Gasteiger partial charge in [0.1, 0.15) is 11.6 Å². The molecule has 0 aromatic carbocycles. The minimum Gasteiger partial charge on any atom is -0.384 e. The predicted molar refractivity (Wildman–Crippen MR) is 73.5 cm³/mol. The first-order valence-electron chi connectivity index (χ1n) is 7.47. The molecule has 2 aliphatic rings. The normalized spacial score (nSPS) is 22.4. The minimum atomic E-state index is 0.558. The van der Waals surface area contributed by atoms with E-state index >= 15 is 0 Å². The van der Waals surface area contributed by atoms with Crippen LogP contribution in [0.3, 0.4) is 0 Å². The van der Waals surface area contributed by atoms with Gasteiger partial charge in [-0.3, -0.25) is 0 Å². The molecule has 3 heteroatoms. The Kier molecular flexibility index (Phi) is 3.48. The van der Waals surface area contributed by atoms with Gasteiger partial charge in [0.15, 0.2) is 0 Å². The lowest BCUT2D eigenvalue weighted by molar-refractivity contribution is 0.427. The summed E-state index contributed by atoms with van der Waals surface area (Å²) in [6.07, 6.45) is 11.7. The second-order valence-electron chi connectivity index (χ2n) is 5.89. The van der Waals surface area contributed by atoms with E-state index in [2.05, 4.69) is 4.98 Å². The van der Waals surface area contributed by atoms with Crippen LogP contribution in [0.4, 0.5) is 5.82 Å². The zero-order valence-corrected chi connectivity index (χ0v) is 11.1. The summed E-state index contributed by atoms with van der Waals surface area (Å²) in [6, 6.07) is 2.00. The van der Waals surface area contributed by atoms with Crippen LogP contribution in [-0.2, 0) is 0 Å². The van der Waals surface area contributed by atoms with Crippen molar-refractivity contribution in [2.75, 3.05) is 5.73 Å². The van der Waals surface area contributed by atoms with Gasteiger partial charge in [-0.2, -0.15) is 0 Å². The average molecular weight is 245 g/mol. The Morgan fingerprint density at radius 2 is 1.44 bits per heavy atom. The van der Waals surface area contributed by atoms with Crippen LogP contribution >= 0.6 is 0 Å². The number of rotatable bonds is 2. The number of aromatic nitrogens is 2. The maximum atomic E-state index is 5.98. The summed E-state index contributed by atoms with van der Waals surface area (Å²) in [6.45, 7) is 0. The molecular formula is C15H23N3. The first kappa shape index (κ1) is 11.9. The van der Waals surface area contributed by atoms with Crippen LogP contribution in [0.15, 0.2) is 6.07 Å². The minimum absolute atomic E-state index is 0.558. The summed E-state index contributed by atoms with van der Waals surface area (Å²) < 4.78 is 0. The molecule has 1 heterocycles. The van der Waals surface area contributed by atoms with Gasteiger partial charge in [0.2, 0.25) is 0 Å². The van der Waals surface area contributed by atoms with Gasteiger partial charge < -0.3 is 5.73 Å². The Morgan fingerprint density at radius 1 is 0.833 bits per heavy atom. The van der Waals surface area contributed by atoms with Gasteiger partial charge in [0, 0.05) is 23.6 Å². The second-order valence-corrected chi connectivity index (χ2v) is 5.89. The van der Waals surface area contributed by atoms with Crippen molar-refractivity contribution in [1.82, 2.24) is 9.97 Å². The Morgan fingerprint density at radius 3 is 2.17 bits per heavy atom. The molecule has 0 aliphatic heterocycles. The Labute approximate surface area is 109 Å². The SMILES string of the molecule is Nc1cc(C2CCCC2)nc(C2CCCCC2)n1. The summed E-state index contributed by atoms with van der Waals surface area (Å²) in [5.74, 6) is 2.89. The monoisotopic (exact) mass is 245 g/mol. The summed E-state index contributed by atoms with van der Waals surface area (Å²) in [5.41, 5.74) is 7.19. The van der Waals surface area contributed by atoms with Crippen LogP contribution in [0, 0.1) is 0 Å². The molecule has 0 amide bonds. The summed E-state index contributed by atoms with van der Waals surface area (Å²) in [4.78, 5) is 9.34. The van der Waals surface area contributed by atoms with E-state index in [0.29, 0.717) is 17.7 Å². The molecule has 1 aromatic heterocycles. The molecule has 2 N–H and O–H groups in total. The number of hydrogen-bond donors (Lipinski definition) is 1. The first-order valence-corrected chi connectivity index (χ1v) is 7.47. The van der Waals surface area contributed by atoms with Crippen molar-refractivity contribution >= 4 is 5.82 Å². The summed E-state index contributed by atoms with van der Waals surface area (Å²) in [5, 5.41) is 0. The summed E-state index contributed by atoms with van der Waals surface area (Å²) in [7, 11) is 0. The van der Waals surface area contributed by atoms with E-state index in [-0.39, 0.29) is 0 Å². The Hall–Kier alpha value is -1.12. The van der Waals surface area contributed by atoms with E-state index < -0.39 is 0 Å². The number of nitrogens with zero attached hydrogens (tertiary/aromatic N) is 2. The third kappa shape index (κ3) is 2.50. The van der Waals surface area contributed by atoms with E-state index in [0.717, 1.165) is 5.82 Å². The van der Waals surface area contributed by atoms with E-state index in [9.17, 15) is 0 Å². The van der Waals surface area contributed by atoms with Crippen LogP contribution < -0.4 is 5.73 Å². The van der Waals surface area contributed by atoms with E-state index in [1.165, 1.54) is 63.5 Å². The average Bonchev–Trinajstić information content (AvgIpc) is 2.93. The van der Waals surface area contributed by atoms with Gasteiger partial charge in [-0.1, -0.05) is 32.1 Å². The lowest BCUT2D eigenvalue weighted by Gasteiger charge is -2.21. The molecule has 2 saturated carbocycles. The fourth-order valence-corrected chi connectivity index (χ4v) is 3.48. The van der Waals surface area contributed by atoms with Crippen molar-refractivity contribution in [2.24, 2.45) is 0 Å². The van der Waals surface area contributed by atoms with Crippen LogP contribution in [0.25, 0.3) is 0 Å². The smallest absolute Gasteiger partial charge is 0.134 e. The number of hydrogen-bond acceptors (Lipinski definition) is 3. The van der Waals surface area contributed by atoms with Crippen LogP contribution in [-0.4, -0.2) is 9.97 Å². The maximum Gasteiger partial charge on any atom is 0.134 e. The third-order valence-electron chi connectivity index (χ3n) is 4.53. The Balaban J connectivity index is 1.84. The molecule has 1 aromatic rings. The standard InChI is InChI=1S/C15H23N3/c16-14-10-13(11-6-4-5-7-11)17-15(18-14)12-8-2-1-3-9-12/h10-12H,1-9H2,(H2,16,17,18). The molecule has 0 saturated heterocycles. The quantitative estimate of drug-likeness (QED) is 0.863. The first-order chi connectivity index (χ1) is 8.83. The molecule has 3 nitrogen and oxygen atoms in total. The zero-order valence-electron chi connectivity index (χ0n) is 11.1. The highest BCUT2D eigenvalue weighted by Crippen LogP contribution is 2.36. The van der Waals surface area contributed by atoms with Gasteiger partial charge in [-0.15, -0.1) is 0 Å². The highest BCUT2D eigenvalue weighted by molar-refractivity contribution is 5.32. The topological polar surface area (TPSA) is 51.8 Å². The maximum absolute atomic E-state index is 5.98. The zero-order chi connectivity index (χ0) is 12.4. The van der Waals surface area contributed by atoms with Gasteiger partial charge in [-0.05, 0) is 25.7 Å². The van der Waals surface area contributed by atoms with Gasteiger partial charge in [0.05, 0.1) is 0 Å². The molecule has 0 radical (unpaired) electrons. The van der Waals surface area contributed by atoms with Crippen LogP contribution in [0.5, 0.6) is 0 Å². The highest BCUT2D eigenvalue weighted by Gasteiger charge is 2.23. The van der Waals surface area contributed by atoms with Gasteiger partial charge in [0.25, 0.3) is 0 Å². The molecule has 0 unspecified atom stereocenters. The fraction of sp³-hybridized carbons (Fsp3) is 0.733. The van der Waals surface area contributed by atoms with Crippen molar-refractivity contribution in [3.05, 3.63) is 17.6 Å². The van der Waals surface area contributed by atoms with Crippen molar-refractivity contribution < 1.29 is 0 Å². The molecule has 0 spiro atoms. The largest absolute Gasteiger partial charge is 0.384 e. The number of nitrogens with two attached hydrogens (primary N) is 1. The van der Waals surface area contributed by atoms with Crippen LogP contribution in [0.1, 0.15) is 81.1 Å². The van der Waals surface area contributed by atoms with E-state index in [1.807, 2.05) is 6.07 Å². The molecule has 2 aliphatic carbocycles. The van der Waals surface area contributed by atoms with Crippen LogP contribution in [0.2, 0.25) is 0 Å². The number of nitrogen functional groups attached to an aromatic ring is 1. The molecule has 0 bridgehead atoms. The van der Waals surface area contributed by atoms with Crippen molar-refractivity contribution in [2.45, 2.75) is 69.6 Å². The third-order valence-corrected chi connectivity index (χ3v) is 4.53. The van der Waals surface area contributed by atoms with Gasteiger partial charge in [-0.25, -0.2) is 9.97 Å². The molecule has 2 fully saturated rings. The Bertz CT molecular complexity index is 404. The van der Waals surface area contributed by atoms with Gasteiger partial charge >= 0.3 is 0 Å². The predicted octanol–water partition coefficient (Wildman–Crippen LogP) is 3.76. The molecule has 3 rings (SSSR count). The highest BCUT2D eigenvalue weighted by atomic mass is 15.0. The molecular weight excluding hydrogens is 222 g/mol. The van der Waals surface area contributed by atoms with E-state index in [1.54, 1.807) is 0 Å². The van der Waals surface area contributed by atoms with Crippen molar-refractivity contribution in [1.29, 1.82) is 0 Å². The lowest BCUT2D eigenvalue weighted by atomic mass is 9.88.